The van der Waals surface area contributed by atoms with E-state index in [-0.39, 0.29) is 0 Å². The number of fused-ring (bicyclic) bond motifs is 1. The fourth-order valence-corrected chi connectivity index (χ4v) is 1.16. The molecule has 1 N–H and O–H groups in total. The number of benzene rings is 1. The summed E-state index contributed by atoms with van der Waals surface area (Å²) in [5, 5.41) is 2.98. The maximum absolute atomic E-state index is 10.5. The SMILES string of the molecule is O=CC1=CC=Nc2ccccc2N1. The summed E-state index contributed by atoms with van der Waals surface area (Å²) in [6, 6.07) is 7.58. The molecule has 1 aliphatic rings. The largest absolute Gasteiger partial charge is 0.351 e. The smallest absolute Gasteiger partial charge is 0.166 e. The average molecular weight is 172 g/mol. The predicted octanol–water partition coefficient (Wildman–Crippen LogP) is 1.90. The number of carbonyl (C=O) groups excluding carboxylic acids is 1. The van der Waals surface area contributed by atoms with E-state index in [9.17, 15) is 4.79 Å². The first kappa shape index (κ1) is 7.73. The van der Waals surface area contributed by atoms with E-state index < -0.39 is 0 Å². The second-order valence-electron chi connectivity index (χ2n) is 2.66. The number of aldehydes is 1. The van der Waals surface area contributed by atoms with Gasteiger partial charge in [-0.05, 0) is 18.2 Å². The lowest BCUT2D eigenvalue weighted by atomic mass is 10.2. The minimum atomic E-state index is 0.522. The van der Waals surface area contributed by atoms with Crippen molar-refractivity contribution in [3.8, 4) is 0 Å². The molecule has 13 heavy (non-hydrogen) atoms. The molecule has 0 fully saturated rings. The van der Waals surface area contributed by atoms with Crippen LogP contribution >= 0.6 is 0 Å². The third-order valence-corrected chi connectivity index (χ3v) is 1.78. The Labute approximate surface area is 75.8 Å². The molecular formula is C10H8N2O. The lowest BCUT2D eigenvalue weighted by molar-refractivity contribution is -0.104. The van der Waals surface area contributed by atoms with E-state index >= 15 is 0 Å². The summed E-state index contributed by atoms with van der Waals surface area (Å²) >= 11 is 0. The normalized spacial score (nSPS) is 13.7. The molecule has 1 aliphatic heterocycles. The second-order valence-corrected chi connectivity index (χ2v) is 2.66. The molecule has 0 saturated carbocycles. The zero-order valence-electron chi connectivity index (χ0n) is 6.90. The molecule has 1 heterocycles. The number of nitrogens with one attached hydrogen (secondary N) is 1. The average Bonchev–Trinajstić information content (AvgIpc) is 2.38. The van der Waals surface area contributed by atoms with Gasteiger partial charge < -0.3 is 5.32 Å². The van der Waals surface area contributed by atoms with Crippen LogP contribution in [0.2, 0.25) is 0 Å². The van der Waals surface area contributed by atoms with Crippen LogP contribution in [0.1, 0.15) is 0 Å². The van der Waals surface area contributed by atoms with Crippen LogP contribution in [0.4, 0.5) is 11.4 Å². The molecule has 0 aliphatic carbocycles. The number of rotatable bonds is 1. The molecule has 0 spiro atoms. The summed E-state index contributed by atoms with van der Waals surface area (Å²) < 4.78 is 0. The lowest BCUT2D eigenvalue weighted by Gasteiger charge is -2.04. The van der Waals surface area contributed by atoms with Crippen molar-refractivity contribution in [1.82, 2.24) is 0 Å². The predicted molar refractivity (Wildman–Crippen MR) is 52.4 cm³/mol. The van der Waals surface area contributed by atoms with Crippen molar-refractivity contribution in [3.05, 3.63) is 36.0 Å². The lowest BCUT2D eigenvalue weighted by Crippen LogP contribution is -1.99. The van der Waals surface area contributed by atoms with E-state index in [1.54, 1.807) is 12.3 Å². The Morgan fingerprint density at radius 2 is 2.15 bits per heavy atom. The van der Waals surface area contributed by atoms with E-state index in [2.05, 4.69) is 10.3 Å². The van der Waals surface area contributed by atoms with Gasteiger partial charge in [-0.3, -0.25) is 9.79 Å². The van der Waals surface area contributed by atoms with Crippen molar-refractivity contribution < 1.29 is 4.79 Å². The standard InChI is InChI=1S/C10H8N2O/c13-7-8-5-6-11-9-3-1-2-4-10(9)12-8/h1-7,12H. The van der Waals surface area contributed by atoms with Crippen molar-refractivity contribution >= 4 is 23.9 Å². The fourth-order valence-electron chi connectivity index (χ4n) is 1.16. The fraction of sp³-hybridized carbons (Fsp3) is 0. The molecule has 0 amide bonds. The van der Waals surface area contributed by atoms with E-state index in [4.69, 9.17) is 0 Å². The number of hydrogen-bond acceptors (Lipinski definition) is 3. The van der Waals surface area contributed by atoms with Gasteiger partial charge in [0.25, 0.3) is 0 Å². The van der Waals surface area contributed by atoms with Crippen LogP contribution in [0.15, 0.2) is 41.0 Å². The molecule has 0 atom stereocenters. The van der Waals surface area contributed by atoms with Gasteiger partial charge in [0, 0.05) is 6.21 Å². The van der Waals surface area contributed by atoms with E-state index in [1.807, 2.05) is 24.3 Å². The quantitative estimate of drug-likeness (QED) is 0.657. The molecule has 0 unspecified atom stereocenters. The number of allylic oxidation sites excluding steroid dienone is 2. The first-order valence-electron chi connectivity index (χ1n) is 3.96. The van der Waals surface area contributed by atoms with Crippen LogP contribution in [0, 0.1) is 0 Å². The van der Waals surface area contributed by atoms with Crippen molar-refractivity contribution in [3.63, 3.8) is 0 Å². The molecule has 3 heteroatoms. The first-order valence-corrected chi connectivity index (χ1v) is 3.96. The summed E-state index contributed by atoms with van der Waals surface area (Å²) in [5.41, 5.74) is 2.22. The summed E-state index contributed by atoms with van der Waals surface area (Å²) in [6.07, 6.45) is 4.03. The topological polar surface area (TPSA) is 41.5 Å². The highest BCUT2D eigenvalue weighted by Crippen LogP contribution is 2.26. The Morgan fingerprint density at radius 3 is 3.00 bits per heavy atom. The van der Waals surface area contributed by atoms with E-state index in [1.165, 1.54) is 0 Å². The Bertz CT molecular complexity index is 394. The molecule has 0 radical (unpaired) electrons. The van der Waals surface area contributed by atoms with Crippen molar-refractivity contribution in [2.24, 2.45) is 4.99 Å². The van der Waals surface area contributed by atoms with Gasteiger partial charge in [0.2, 0.25) is 0 Å². The van der Waals surface area contributed by atoms with Gasteiger partial charge in [-0.25, -0.2) is 0 Å². The number of nitrogens with zero attached hydrogens (tertiary/aromatic N) is 1. The summed E-state index contributed by atoms with van der Waals surface area (Å²) in [5.74, 6) is 0. The van der Waals surface area contributed by atoms with Crippen molar-refractivity contribution in [2.75, 3.05) is 5.32 Å². The Hall–Kier alpha value is -1.90. The van der Waals surface area contributed by atoms with Gasteiger partial charge in [0.1, 0.15) is 0 Å². The number of hydrogen-bond donors (Lipinski definition) is 1. The van der Waals surface area contributed by atoms with Crippen LogP contribution in [-0.4, -0.2) is 12.5 Å². The van der Waals surface area contributed by atoms with Gasteiger partial charge in [0.05, 0.1) is 17.1 Å². The molecule has 0 aromatic heterocycles. The van der Waals surface area contributed by atoms with Crippen molar-refractivity contribution in [1.29, 1.82) is 0 Å². The number of para-hydroxylation sites is 2. The first-order chi connectivity index (χ1) is 6.40. The minimum absolute atomic E-state index is 0.522. The van der Waals surface area contributed by atoms with Crippen LogP contribution in [-0.2, 0) is 4.79 Å². The van der Waals surface area contributed by atoms with Gasteiger partial charge in [-0.1, -0.05) is 12.1 Å². The highest BCUT2D eigenvalue weighted by molar-refractivity contribution is 5.92. The molecule has 0 saturated heterocycles. The third-order valence-electron chi connectivity index (χ3n) is 1.78. The molecule has 0 bridgehead atoms. The number of carbonyl (C=O) groups is 1. The van der Waals surface area contributed by atoms with E-state index in [0.29, 0.717) is 5.70 Å². The number of aliphatic imine (C=N–C) groups is 1. The van der Waals surface area contributed by atoms with Gasteiger partial charge >= 0.3 is 0 Å². The van der Waals surface area contributed by atoms with Crippen LogP contribution in [0.3, 0.4) is 0 Å². The van der Waals surface area contributed by atoms with Crippen LogP contribution in [0.25, 0.3) is 0 Å². The second kappa shape index (κ2) is 3.23. The minimum Gasteiger partial charge on any atom is -0.351 e. The zero-order valence-corrected chi connectivity index (χ0v) is 6.90. The molecule has 2 rings (SSSR count). The van der Waals surface area contributed by atoms with Gasteiger partial charge in [-0.2, -0.15) is 0 Å². The summed E-state index contributed by atoms with van der Waals surface area (Å²) in [6.45, 7) is 0. The Balaban J connectivity index is 2.45. The Morgan fingerprint density at radius 1 is 1.31 bits per heavy atom. The van der Waals surface area contributed by atoms with Crippen LogP contribution < -0.4 is 5.32 Å². The van der Waals surface area contributed by atoms with E-state index in [0.717, 1.165) is 17.7 Å². The van der Waals surface area contributed by atoms with Gasteiger partial charge in [0.15, 0.2) is 6.29 Å². The molecule has 3 nitrogen and oxygen atoms in total. The Kier molecular flexibility index (Phi) is 1.92. The van der Waals surface area contributed by atoms with Gasteiger partial charge in [-0.15, -0.1) is 0 Å². The number of anilines is 1. The highest BCUT2D eigenvalue weighted by atomic mass is 16.1. The van der Waals surface area contributed by atoms with Crippen LogP contribution in [0.5, 0.6) is 0 Å². The van der Waals surface area contributed by atoms with Crippen molar-refractivity contribution in [2.45, 2.75) is 0 Å². The summed E-state index contributed by atoms with van der Waals surface area (Å²) in [7, 11) is 0. The maximum Gasteiger partial charge on any atom is 0.166 e. The molecule has 1 aromatic carbocycles. The molecule has 64 valence electrons. The third kappa shape index (κ3) is 1.49. The monoisotopic (exact) mass is 172 g/mol. The molecule has 1 aromatic rings. The highest BCUT2D eigenvalue weighted by Gasteiger charge is 2.03. The summed E-state index contributed by atoms with van der Waals surface area (Å²) in [4.78, 5) is 14.7. The maximum atomic E-state index is 10.5. The zero-order chi connectivity index (χ0) is 9.10. The molecular weight excluding hydrogens is 164 g/mol.